The Morgan fingerprint density at radius 3 is 0.393 bits per heavy atom. The van der Waals surface area contributed by atoms with Gasteiger partial charge >= 0.3 is 469 Å². The number of hydrogen-bond donors (Lipinski definition) is 0. The predicted molar refractivity (Wildman–Crippen MR) is 150 cm³/mol. The number of carbonyl (C=O) groups excluding carboxylic acids is 10. The first-order valence-electron chi connectivity index (χ1n) is 14.5. The maximum absolute atomic E-state index is 9.64. The van der Waals surface area contributed by atoms with Crippen molar-refractivity contribution in [1.82, 2.24) is 0 Å². The summed E-state index contributed by atoms with van der Waals surface area (Å²) in [5.74, 6) is -1.59. The molecule has 0 aliphatic heterocycles. The number of carbonyl (C=O) groups is 10. The van der Waals surface area contributed by atoms with E-state index < -0.39 is 0 Å². The molecule has 0 heterocycles. The molecule has 1 saturated carbocycles. The number of hydrogen-bond acceptors (Lipinski definition) is 20. The van der Waals surface area contributed by atoms with Gasteiger partial charge < -0.3 is 32.1 Å². The minimum absolute atomic E-state index is 0. The molecule has 20 nitrogen and oxygen atoms in total. The summed E-state index contributed by atoms with van der Waals surface area (Å²) < 4.78 is 43.1. The van der Waals surface area contributed by atoms with Gasteiger partial charge in [0, 0.05) is 19.5 Å². The molecule has 294 valence electrons. The van der Waals surface area contributed by atoms with Gasteiger partial charge in [0.25, 0.3) is 0 Å². The van der Waals surface area contributed by atoms with E-state index in [-0.39, 0.29) is 345 Å². The van der Waals surface area contributed by atoms with Crippen LogP contribution in [0.1, 0.15) is 69.2 Å². The Morgan fingerprint density at radius 1 is 0.279 bits per heavy atom. The van der Waals surface area contributed by atoms with Crippen molar-refractivity contribution in [1.29, 1.82) is 0 Å². The van der Waals surface area contributed by atoms with Crippen LogP contribution in [0.25, 0.3) is 0 Å². The molecule has 31 heteroatoms. The Kier molecular flexibility index (Phi) is 130. The molecule has 0 spiro atoms. The average molecular weight is 2820 g/mol. The third-order valence-corrected chi connectivity index (χ3v) is 18.5. The maximum atomic E-state index is 9.64. The zero-order valence-electron chi connectivity index (χ0n) is 35.6. The van der Waals surface area contributed by atoms with Crippen LogP contribution in [-0.4, -0.2) is 59.7 Å². The fraction of sp³-hybridized carbons (Fsp3) is 0.333. The van der Waals surface area contributed by atoms with Gasteiger partial charge in [0.15, 0.2) is 0 Å². The molecular formula is C30H30Hg10O20Ru+4. The van der Waals surface area contributed by atoms with Gasteiger partial charge in [-0.25, -0.2) is 12.2 Å². The molecule has 0 unspecified atom stereocenters. The summed E-state index contributed by atoms with van der Waals surface area (Å²) >= 11 is 1.94. The van der Waals surface area contributed by atoms with Crippen molar-refractivity contribution in [2.24, 2.45) is 0 Å². The van der Waals surface area contributed by atoms with E-state index in [0.29, 0.717) is 0 Å². The molecule has 0 aromatic rings. The van der Waals surface area contributed by atoms with Crippen molar-refractivity contribution in [3.05, 3.63) is 62.8 Å². The molecule has 10 radical (unpaired) electrons. The molecule has 0 saturated heterocycles. The van der Waals surface area contributed by atoms with Crippen LogP contribution in [0, 0.1) is 62.8 Å². The molecule has 2 aliphatic rings. The molecule has 0 bridgehead atoms. The first-order valence-corrected chi connectivity index (χ1v) is 36.9. The van der Waals surface area contributed by atoms with Gasteiger partial charge in [-0.3, -0.25) is 0 Å². The molecule has 2 rings (SSSR count). The second-order valence-corrected chi connectivity index (χ2v) is 18.8. The summed E-state index contributed by atoms with van der Waals surface area (Å²) in [5, 5.41) is 0. The summed E-state index contributed by atoms with van der Waals surface area (Å²) in [4.78, 5) is 96.4. The van der Waals surface area contributed by atoms with Crippen LogP contribution in [0.2, 0.25) is 0 Å². The largest absolute Gasteiger partial charge is 1.00 e. The number of rotatable bonds is 0. The van der Waals surface area contributed by atoms with E-state index >= 15 is 0 Å². The smallest absolute Gasteiger partial charge is 0 e. The quantitative estimate of drug-likeness (QED) is 0.241. The fourth-order valence-corrected chi connectivity index (χ4v) is 0.312. The summed E-state index contributed by atoms with van der Waals surface area (Å²) in [7, 11) is 0. The first-order chi connectivity index (χ1) is 27.7. The average Bonchev–Trinajstić information content (AvgIpc) is 4.01. The van der Waals surface area contributed by atoms with Gasteiger partial charge in [0.1, 0.15) is 0 Å². The first kappa shape index (κ1) is 91.3. The fourth-order valence-electron chi connectivity index (χ4n) is 0.312. The normalized spacial score (nSPS) is 9.02. The maximum Gasteiger partial charge on any atom is 0 e. The van der Waals surface area contributed by atoms with Crippen LogP contribution < -0.4 is 0 Å². The Morgan fingerprint density at radius 2 is 0.361 bits per heavy atom. The van der Waals surface area contributed by atoms with E-state index in [1.54, 1.807) is 0 Å². The summed E-state index contributed by atoms with van der Waals surface area (Å²) in [6, 6.07) is 0. The van der Waals surface area contributed by atoms with E-state index in [1.807, 2.05) is 0 Å². The Labute approximate surface area is 540 Å². The summed E-state index contributed by atoms with van der Waals surface area (Å²) in [6.45, 7) is 14.1. The van der Waals surface area contributed by atoms with Gasteiger partial charge in [0.2, 0.25) is 0 Å². The molecule has 0 amide bonds. The molecule has 1 fully saturated rings. The predicted octanol–water partition coefficient (Wildman–Crippen LogP) is 0.923. The van der Waals surface area contributed by atoms with Gasteiger partial charge in [-0.05, 0) is 0 Å². The van der Waals surface area contributed by atoms with E-state index in [1.165, 1.54) is 69.2 Å². The summed E-state index contributed by atoms with van der Waals surface area (Å²) in [5.41, 5.74) is 0. The van der Waals surface area contributed by atoms with E-state index in [4.69, 9.17) is 0 Å². The molecule has 0 N–H and O–H groups in total. The monoisotopic (exact) mass is 2830 g/mol. The van der Waals surface area contributed by atoms with Gasteiger partial charge in [-0.15, -0.1) is 0 Å². The Bertz CT molecular complexity index is 898. The number of allylic oxidation sites excluding steroid dienone is 4. The molecule has 61 heavy (non-hydrogen) atoms. The minimum Gasteiger partial charge on any atom is -1.00 e. The zero-order valence-corrected chi connectivity index (χ0v) is 92.3. The van der Waals surface area contributed by atoms with Crippen LogP contribution in [0.3, 0.4) is 0 Å². The van der Waals surface area contributed by atoms with Crippen molar-refractivity contribution in [3.63, 3.8) is 0 Å². The van der Waals surface area contributed by atoms with E-state index in [2.05, 4.69) is 89.3 Å². The van der Waals surface area contributed by atoms with Crippen LogP contribution in [-0.2, 0) is 360 Å². The van der Waals surface area contributed by atoms with Crippen molar-refractivity contribution in [3.8, 4) is 0 Å². The standard InChI is InChI=1S/2C5.10C2H4O2.10Hg.Ru/c2*1-2-4-5-3-1;10*1-2(3)4;;;;;;;;;;;/h;;10*1H3,(H,3,4);;;;;;;;;;;/q-5;-1;;;;;;;;;;;10*+2;/p-10. The van der Waals surface area contributed by atoms with Gasteiger partial charge in [0.05, 0.1) is 0 Å². The molecule has 0 atom stereocenters. The SMILES string of the molecule is CC(=O)[O][Hg+].CC(=O)[O][Hg+].CC(=O)[O][Hg+].CC(=O)[O][Hg+].CC(=O)[O][Hg+].CC(=O)[O][Hg+].CC(=O)[O][Hg+].CC(=O)[O][Hg+].CC(=O)[O][Hg+].CC(=O)[O][Hg+].[C-]1[C-][C-][C-][C-]1.[C]1=[C][C-][C]=[C]1.[Ru]. The van der Waals surface area contributed by atoms with Crippen LogP contribution >= 0.6 is 0 Å². The van der Waals surface area contributed by atoms with E-state index in [0.717, 1.165) is 0 Å². The van der Waals surface area contributed by atoms with Gasteiger partial charge in [-0.1, -0.05) is 0 Å². The van der Waals surface area contributed by atoms with Crippen molar-refractivity contribution in [2.45, 2.75) is 69.2 Å². The molecule has 0 aromatic carbocycles. The van der Waals surface area contributed by atoms with E-state index in [9.17, 15) is 47.9 Å². The topological polar surface area (TPSA) is 263 Å². The molecular weight excluding hydrogens is 2790 g/mol. The van der Waals surface area contributed by atoms with Crippen molar-refractivity contribution >= 4 is 59.7 Å². The van der Waals surface area contributed by atoms with Crippen molar-refractivity contribution < 1.29 is 360 Å². The second kappa shape index (κ2) is 87.1. The second-order valence-electron chi connectivity index (χ2n) is 7.61. The Hall–Kier alpha value is 4.02. The minimum atomic E-state index is -0.159. The molecule has 0 aromatic heterocycles. The van der Waals surface area contributed by atoms with Crippen LogP contribution in [0.4, 0.5) is 0 Å². The summed E-state index contributed by atoms with van der Waals surface area (Å²) in [6.07, 6.45) is 25.0. The Balaban J connectivity index is -0.0000000496. The molecule has 2 aliphatic carbocycles. The van der Waals surface area contributed by atoms with Crippen LogP contribution in [0.5, 0.6) is 0 Å². The third-order valence-electron chi connectivity index (χ3n) is 2.66. The zero-order chi connectivity index (χ0) is 49.9. The van der Waals surface area contributed by atoms with Crippen molar-refractivity contribution in [2.75, 3.05) is 0 Å². The third kappa shape index (κ3) is 213. The van der Waals surface area contributed by atoms with Gasteiger partial charge in [-0.2, -0.15) is 18.6 Å². The van der Waals surface area contributed by atoms with Crippen LogP contribution in [0.15, 0.2) is 0 Å².